The van der Waals surface area contributed by atoms with E-state index < -0.39 is 0 Å². The van der Waals surface area contributed by atoms with Crippen LogP contribution in [-0.4, -0.2) is 12.9 Å². The quantitative estimate of drug-likeness (QED) is 0.390. The zero-order valence-corrected chi connectivity index (χ0v) is 7.40. The monoisotopic (exact) mass is 176 g/mol. The van der Waals surface area contributed by atoms with Crippen LogP contribution in [0, 0.1) is 0 Å². The molecule has 0 heterocycles. The topological polar surface area (TPSA) is 26.3 Å². The third kappa shape index (κ3) is 3.22. The Morgan fingerprint density at radius 3 is 3.00 bits per heavy atom. The molecule has 68 valence electrons. The van der Waals surface area contributed by atoms with Gasteiger partial charge in [0.25, 0.3) is 0 Å². The van der Waals surface area contributed by atoms with Gasteiger partial charge in [0.2, 0.25) is 0 Å². The summed E-state index contributed by atoms with van der Waals surface area (Å²) in [6, 6.07) is 7.35. The summed E-state index contributed by atoms with van der Waals surface area (Å²) in [5.41, 5.74) is 1.69. The highest BCUT2D eigenvalue weighted by Gasteiger charge is 1.93. The van der Waals surface area contributed by atoms with Crippen LogP contribution in [0.15, 0.2) is 36.9 Å². The van der Waals surface area contributed by atoms with Gasteiger partial charge in [0.15, 0.2) is 0 Å². The van der Waals surface area contributed by atoms with Crippen LogP contribution in [0.1, 0.15) is 15.9 Å². The van der Waals surface area contributed by atoms with Crippen molar-refractivity contribution in [2.45, 2.75) is 6.61 Å². The zero-order chi connectivity index (χ0) is 9.52. The maximum atomic E-state index is 10.4. The highest BCUT2D eigenvalue weighted by molar-refractivity contribution is 5.74. The predicted molar refractivity (Wildman–Crippen MR) is 51.7 cm³/mol. The van der Waals surface area contributed by atoms with Gasteiger partial charge in [0.1, 0.15) is 6.29 Å². The fraction of sp³-hybridized carbons (Fsp3) is 0.182. The molecule has 0 aliphatic carbocycles. The third-order valence-electron chi connectivity index (χ3n) is 1.59. The Labute approximate surface area is 77.8 Å². The van der Waals surface area contributed by atoms with Crippen molar-refractivity contribution >= 4 is 6.29 Å². The van der Waals surface area contributed by atoms with E-state index in [1.165, 1.54) is 0 Å². The van der Waals surface area contributed by atoms with Crippen molar-refractivity contribution in [3.8, 4) is 0 Å². The summed E-state index contributed by atoms with van der Waals surface area (Å²) in [5, 5.41) is 0. The molecule has 1 aromatic carbocycles. The molecule has 0 aliphatic heterocycles. The number of aldehydes is 1. The first-order chi connectivity index (χ1) is 6.36. The Morgan fingerprint density at radius 1 is 1.46 bits per heavy atom. The number of hydrogen-bond acceptors (Lipinski definition) is 2. The van der Waals surface area contributed by atoms with Gasteiger partial charge in [0.05, 0.1) is 13.2 Å². The van der Waals surface area contributed by atoms with E-state index in [4.69, 9.17) is 4.74 Å². The molecule has 0 saturated carbocycles. The van der Waals surface area contributed by atoms with Gasteiger partial charge in [0, 0.05) is 5.56 Å². The molecule has 0 spiro atoms. The molecule has 2 nitrogen and oxygen atoms in total. The minimum absolute atomic E-state index is 0.522. The summed E-state index contributed by atoms with van der Waals surface area (Å²) in [7, 11) is 0. The highest BCUT2D eigenvalue weighted by atomic mass is 16.5. The van der Waals surface area contributed by atoms with Gasteiger partial charge >= 0.3 is 0 Å². The van der Waals surface area contributed by atoms with Crippen molar-refractivity contribution < 1.29 is 9.53 Å². The lowest BCUT2D eigenvalue weighted by Gasteiger charge is -2.01. The van der Waals surface area contributed by atoms with Gasteiger partial charge < -0.3 is 4.74 Å². The van der Waals surface area contributed by atoms with Crippen LogP contribution in [0.2, 0.25) is 0 Å². The van der Waals surface area contributed by atoms with E-state index >= 15 is 0 Å². The van der Waals surface area contributed by atoms with Crippen molar-refractivity contribution in [2.24, 2.45) is 0 Å². The second-order valence-corrected chi connectivity index (χ2v) is 2.67. The van der Waals surface area contributed by atoms with Crippen LogP contribution in [-0.2, 0) is 11.3 Å². The Bertz CT molecular complexity index is 292. The summed E-state index contributed by atoms with van der Waals surface area (Å²) in [4.78, 5) is 10.4. The summed E-state index contributed by atoms with van der Waals surface area (Å²) in [6.45, 7) is 4.60. The van der Waals surface area contributed by atoms with Crippen LogP contribution < -0.4 is 0 Å². The average molecular weight is 176 g/mol. The van der Waals surface area contributed by atoms with E-state index in [0.29, 0.717) is 18.8 Å². The summed E-state index contributed by atoms with van der Waals surface area (Å²) in [6.07, 6.45) is 2.53. The Balaban J connectivity index is 2.55. The molecule has 1 aromatic rings. The molecule has 0 fully saturated rings. The van der Waals surface area contributed by atoms with Crippen LogP contribution in [0.5, 0.6) is 0 Å². The molecule has 13 heavy (non-hydrogen) atoms. The molecule has 0 atom stereocenters. The molecule has 2 heteroatoms. The van der Waals surface area contributed by atoms with Crippen LogP contribution in [0.25, 0.3) is 0 Å². The minimum Gasteiger partial charge on any atom is -0.373 e. The van der Waals surface area contributed by atoms with Crippen molar-refractivity contribution in [1.82, 2.24) is 0 Å². The summed E-state index contributed by atoms with van der Waals surface area (Å²) < 4.78 is 5.23. The second-order valence-electron chi connectivity index (χ2n) is 2.67. The first-order valence-corrected chi connectivity index (χ1v) is 4.09. The van der Waals surface area contributed by atoms with Crippen LogP contribution in [0.4, 0.5) is 0 Å². The lowest BCUT2D eigenvalue weighted by atomic mass is 10.1. The third-order valence-corrected chi connectivity index (χ3v) is 1.59. The van der Waals surface area contributed by atoms with Gasteiger partial charge in [-0.1, -0.05) is 24.3 Å². The number of rotatable bonds is 5. The lowest BCUT2D eigenvalue weighted by molar-refractivity contribution is 0.112. The molecule has 0 aliphatic rings. The number of carbonyl (C=O) groups is 1. The maximum absolute atomic E-state index is 10.4. The Kier molecular flexibility index (Phi) is 3.93. The van der Waals surface area contributed by atoms with E-state index in [1.54, 1.807) is 12.1 Å². The number of ether oxygens (including phenoxy) is 1. The van der Waals surface area contributed by atoms with Crippen molar-refractivity contribution in [3.05, 3.63) is 48.0 Å². The first kappa shape index (κ1) is 9.68. The Hall–Kier alpha value is -1.41. The first-order valence-electron chi connectivity index (χ1n) is 4.09. The maximum Gasteiger partial charge on any atom is 0.150 e. The molecule has 0 amide bonds. The largest absolute Gasteiger partial charge is 0.373 e. The summed E-state index contributed by atoms with van der Waals surface area (Å²) in [5.74, 6) is 0. The van der Waals surface area contributed by atoms with Gasteiger partial charge in [-0.05, 0) is 11.6 Å². The highest BCUT2D eigenvalue weighted by Crippen LogP contribution is 2.04. The smallest absolute Gasteiger partial charge is 0.150 e. The fourth-order valence-corrected chi connectivity index (χ4v) is 1.02. The number of carbonyl (C=O) groups excluding carboxylic acids is 1. The van der Waals surface area contributed by atoms with Crippen molar-refractivity contribution in [3.63, 3.8) is 0 Å². The standard InChI is InChI=1S/C11H12O2/c1-2-6-13-9-11-5-3-4-10(7-11)8-12/h2-5,7-8H,1,6,9H2. The average Bonchev–Trinajstić information content (AvgIpc) is 2.19. The molecule has 0 radical (unpaired) electrons. The van der Waals surface area contributed by atoms with Gasteiger partial charge in [-0.15, -0.1) is 6.58 Å². The molecule has 0 bridgehead atoms. The van der Waals surface area contributed by atoms with Gasteiger partial charge in [-0.25, -0.2) is 0 Å². The number of benzene rings is 1. The zero-order valence-electron chi connectivity index (χ0n) is 7.40. The van der Waals surface area contributed by atoms with Crippen LogP contribution >= 0.6 is 0 Å². The molecule has 0 saturated heterocycles. The van der Waals surface area contributed by atoms with E-state index in [-0.39, 0.29) is 0 Å². The van der Waals surface area contributed by atoms with E-state index in [1.807, 2.05) is 18.2 Å². The fourth-order valence-electron chi connectivity index (χ4n) is 1.02. The molecule has 1 rings (SSSR count). The second kappa shape index (κ2) is 5.27. The van der Waals surface area contributed by atoms with Gasteiger partial charge in [-0.2, -0.15) is 0 Å². The van der Waals surface area contributed by atoms with Crippen LogP contribution in [0.3, 0.4) is 0 Å². The van der Waals surface area contributed by atoms with E-state index in [0.717, 1.165) is 11.8 Å². The minimum atomic E-state index is 0.522. The number of hydrogen-bond donors (Lipinski definition) is 0. The normalized spacial score (nSPS) is 9.54. The molecule has 0 aromatic heterocycles. The Morgan fingerprint density at radius 2 is 2.31 bits per heavy atom. The molecular formula is C11H12O2. The van der Waals surface area contributed by atoms with Crippen molar-refractivity contribution in [2.75, 3.05) is 6.61 Å². The molecule has 0 N–H and O–H groups in total. The predicted octanol–water partition coefficient (Wildman–Crippen LogP) is 2.20. The molecule has 0 unspecified atom stereocenters. The van der Waals surface area contributed by atoms with Crippen molar-refractivity contribution in [1.29, 1.82) is 0 Å². The van der Waals surface area contributed by atoms with E-state index in [9.17, 15) is 4.79 Å². The SMILES string of the molecule is C=CCOCc1cccc(C=O)c1. The van der Waals surface area contributed by atoms with Gasteiger partial charge in [-0.3, -0.25) is 4.79 Å². The molecular weight excluding hydrogens is 164 g/mol. The lowest BCUT2D eigenvalue weighted by Crippen LogP contribution is -1.93. The van der Waals surface area contributed by atoms with E-state index in [2.05, 4.69) is 6.58 Å². The summed E-state index contributed by atoms with van der Waals surface area (Å²) >= 11 is 0.